The molecule has 0 spiro atoms. The molecule has 1 fully saturated rings. The first kappa shape index (κ1) is 10.6. The second-order valence-electron chi connectivity index (χ2n) is 4.45. The largest absolute Gasteiger partial charge is 0.417 e. The van der Waals surface area contributed by atoms with Crippen LogP contribution in [0.15, 0.2) is 27.4 Å². The molecule has 1 unspecified atom stereocenters. The second kappa shape index (κ2) is 4.01. The van der Waals surface area contributed by atoms with Gasteiger partial charge in [0.1, 0.15) is 0 Å². The molecule has 17 heavy (non-hydrogen) atoms. The fraction of sp³-hybridized carbons (Fsp3) is 0.417. The molecule has 1 aromatic heterocycles. The monoisotopic (exact) mass is 233 g/mol. The molecule has 0 bridgehead atoms. The lowest BCUT2D eigenvalue weighted by atomic mass is 9.88. The lowest BCUT2D eigenvalue weighted by Crippen LogP contribution is -2.48. The normalized spacial score (nSPS) is 18.2. The molecular formula is C12H15N3O2. The molecule has 0 radical (unpaired) electrons. The van der Waals surface area contributed by atoms with Crippen LogP contribution in [0.3, 0.4) is 0 Å². The van der Waals surface area contributed by atoms with E-state index in [4.69, 9.17) is 4.42 Å². The van der Waals surface area contributed by atoms with E-state index in [-0.39, 0.29) is 0 Å². The van der Waals surface area contributed by atoms with E-state index in [1.165, 1.54) is 0 Å². The highest BCUT2D eigenvalue weighted by molar-refractivity contribution is 5.72. The maximum atomic E-state index is 11.1. The van der Waals surface area contributed by atoms with Crippen LogP contribution in [0.1, 0.15) is 11.6 Å². The number of hydrogen-bond acceptors (Lipinski definition) is 4. The van der Waals surface area contributed by atoms with E-state index < -0.39 is 5.76 Å². The number of hydrogen-bond donors (Lipinski definition) is 3. The maximum Gasteiger partial charge on any atom is 0.417 e. The van der Waals surface area contributed by atoms with E-state index in [1.807, 2.05) is 25.2 Å². The van der Waals surface area contributed by atoms with E-state index in [9.17, 15) is 4.79 Å². The van der Waals surface area contributed by atoms with Crippen LogP contribution in [0.5, 0.6) is 0 Å². The first-order chi connectivity index (χ1) is 8.28. The Morgan fingerprint density at radius 1 is 1.47 bits per heavy atom. The zero-order valence-corrected chi connectivity index (χ0v) is 9.62. The van der Waals surface area contributed by atoms with Gasteiger partial charge in [-0.25, -0.2) is 4.79 Å². The van der Waals surface area contributed by atoms with Gasteiger partial charge in [-0.1, -0.05) is 6.07 Å². The molecule has 1 atom stereocenters. The molecule has 90 valence electrons. The summed E-state index contributed by atoms with van der Waals surface area (Å²) in [6.45, 7) is 2.06. The molecule has 0 saturated carbocycles. The van der Waals surface area contributed by atoms with Crippen LogP contribution in [0, 0.1) is 5.92 Å². The fourth-order valence-corrected chi connectivity index (χ4v) is 2.38. The highest BCUT2D eigenvalue weighted by Crippen LogP contribution is 2.26. The number of oxazole rings is 1. The van der Waals surface area contributed by atoms with E-state index in [2.05, 4.69) is 15.6 Å². The minimum atomic E-state index is -0.400. The Morgan fingerprint density at radius 3 is 2.94 bits per heavy atom. The smallest absolute Gasteiger partial charge is 0.408 e. The first-order valence-corrected chi connectivity index (χ1v) is 5.78. The highest BCUT2D eigenvalue weighted by Gasteiger charge is 2.27. The third kappa shape index (κ3) is 1.77. The molecule has 1 saturated heterocycles. The molecule has 3 rings (SSSR count). The van der Waals surface area contributed by atoms with Crippen LogP contribution in [0.25, 0.3) is 11.1 Å². The summed E-state index contributed by atoms with van der Waals surface area (Å²) in [5, 5.41) is 6.59. The molecular weight excluding hydrogens is 218 g/mol. The van der Waals surface area contributed by atoms with Crippen LogP contribution in [0.4, 0.5) is 0 Å². The molecule has 0 amide bonds. The summed E-state index contributed by atoms with van der Waals surface area (Å²) in [5.74, 6) is 0.201. The van der Waals surface area contributed by atoms with Crippen LogP contribution in [-0.2, 0) is 0 Å². The predicted octanol–water partition coefficient (Wildman–Crippen LogP) is 0.601. The van der Waals surface area contributed by atoms with Gasteiger partial charge >= 0.3 is 5.76 Å². The van der Waals surface area contributed by atoms with E-state index >= 15 is 0 Å². The molecule has 2 aromatic rings. The third-order valence-electron chi connectivity index (χ3n) is 3.40. The zero-order chi connectivity index (χ0) is 11.8. The van der Waals surface area contributed by atoms with Gasteiger partial charge in [-0.3, -0.25) is 4.98 Å². The number of rotatable bonds is 3. The van der Waals surface area contributed by atoms with Gasteiger partial charge < -0.3 is 15.1 Å². The lowest BCUT2D eigenvalue weighted by molar-refractivity contribution is 0.268. The van der Waals surface area contributed by atoms with Crippen LogP contribution in [0.2, 0.25) is 0 Å². The molecule has 5 heteroatoms. The van der Waals surface area contributed by atoms with E-state index in [0.717, 1.165) is 24.2 Å². The van der Waals surface area contributed by atoms with Crippen molar-refractivity contribution in [3.05, 3.63) is 34.3 Å². The zero-order valence-electron chi connectivity index (χ0n) is 9.62. The summed E-state index contributed by atoms with van der Waals surface area (Å²) in [4.78, 5) is 13.7. The van der Waals surface area contributed by atoms with Crippen molar-refractivity contribution in [1.82, 2.24) is 15.6 Å². The van der Waals surface area contributed by atoms with Crippen molar-refractivity contribution in [2.24, 2.45) is 5.92 Å². The topological polar surface area (TPSA) is 70.1 Å². The Kier molecular flexibility index (Phi) is 2.49. The molecule has 0 aliphatic carbocycles. The minimum Gasteiger partial charge on any atom is -0.408 e. The van der Waals surface area contributed by atoms with Crippen molar-refractivity contribution >= 4 is 11.1 Å². The summed E-state index contributed by atoms with van der Waals surface area (Å²) < 4.78 is 5.08. The molecule has 1 aliphatic heterocycles. The van der Waals surface area contributed by atoms with Crippen LogP contribution < -0.4 is 16.4 Å². The van der Waals surface area contributed by atoms with Crippen LogP contribution in [-0.4, -0.2) is 25.1 Å². The van der Waals surface area contributed by atoms with Crippen LogP contribution >= 0.6 is 0 Å². The Labute approximate surface area is 98.2 Å². The summed E-state index contributed by atoms with van der Waals surface area (Å²) in [5.41, 5.74) is 2.54. The average molecular weight is 233 g/mol. The van der Waals surface area contributed by atoms with Crippen molar-refractivity contribution in [1.29, 1.82) is 0 Å². The highest BCUT2D eigenvalue weighted by atomic mass is 16.4. The number of aromatic amines is 1. The summed E-state index contributed by atoms with van der Waals surface area (Å²) >= 11 is 0. The van der Waals surface area contributed by atoms with Gasteiger partial charge in [-0.15, -0.1) is 0 Å². The van der Waals surface area contributed by atoms with E-state index in [0.29, 0.717) is 17.5 Å². The molecule has 2 heterocycles. The van der Waals surface area contributed by atoms with Gasteiger partial charge in [-0.2, -0.15) is 0 Å². The third-order valence-corrected chi connectivity index (χ3v) is 3.40. The second-order valence-corrected chi connectivity index (χ2v) is 4.45. The van der Waals surface area contributed by atoms with Gasteiger partial charge in [0, 0.05) is 25.0 Å². The summed E-state index contributed by atoms with van der Waals surface area (Å²) in [7, 11) is 1.96. The Morgan fingerprint density at radius 2 is 2.29 bits per heavy atom. The predicted molar refractivity (Wildman–Crippen MR) is 65.0 cm³/mol. The van der Waals surface area contributed by atoms with Gasteiger partial charge in [0.25, 0.3) is 0 Å². The number of H-pyrrole nitrogens is 1. The Bertz CT molecular complexity index is 583. The Hall–Kier alpha value is -1.59. The average Bonchev–Trinajstić information content (AvgIpc) is 2.61. The maximum absolute atomic E-state index is 11.1. The van der Waals surface area contributed by atoms with Crippen molar-refractivity contribution in [3.63, 3.8) is 0 Å². The summed E-state index contributed by atoms with van der Waals surface area (Å²) in [6, 6.07) is 6.17. The number of fused-ring (bicyclic) bond motifs is 1. The van der Waals surface area contributed by atoms with Crippen molar-refractivity contribution in [2.45, 2.75) is 6.04 Å². The number of nitrogens with one attached hydrogen (secondary N) is 3. The van der Waals surface area contributed by atoms with Gasteiger partial charge in [-0.05, 0) is 24.7 Å². The standard InChI is InChI=1S/C12H15N3O2/c1-13-11(8-5-14-6-8)7-2-3-9-10(4-7)17-12(16)15-9/h2-4,8,11,13-14H,5-6H2,1H3,(H,15,16). The number of benzene rings is 1. The number of aromatic nitrogens is 1. The Balaban J connectivity index is 2.00. The quantitative estimate of drug-likeness (QED) is 0.726. The van der Waals surface area contributed by atoms with Crippen molar-refractivity contribution in [3.8, 4) is 0 Å². The van der Waals surface area contributed by atoms with Crippen molar-refractivity contribution < 1.29 is 4.42 Å². The van der Waals surface area contributed by atoms with Gasteiger partial charge in [0.05, 0.1) is 5.52 Å². The van der Waals surface area contributed by atoms with Gasteiger partial charge in [0.15, 0.2) is 5.58 Å². The minimum absolute atomic E-state index is 0.306. The fourth-order valence-electron chi connectivity index (χ4n) is 2.38. The van der Waals surface area contributed by atoms with E-state index in [1.54, 1.807) is 0 Å². The molecule has 1 aliphatic rings. The lowest BCUT2D eigenvalue weighted by Gasteiger charge is -2.34. The molecule has 5 nitrogen and oxygen atoms in total. The van der Waals surface area contributed by atoms with Gasteiger partial charge in [0.2, 0.25) is 0 Å². The summed E-state index contributed by atoms with van der Waals surface area (Å²) in [6.07, 6.45) is 0. The molecule has 3 N–H and O–H groups in total. The SMILES string of the molecule is CNC(c1ccc2[nH]c(=O)oc2c1)C1CNC1. The first-order valence-electron chi connectivity index (χ1n) is 5.78. The molecule has 1 aromatic carbocycles. The van der Waals surface area contributed by atoms with Crippen molar-refractivity contribution in [2.75, 3.05) is 20.1 Å².